The molecule has 0 aliphatic heterocycles. The average molecular weight is 266 g/mol. The molecule has 0 spiro atoms. The molecule has 6 nitrogen and oxygen atoms in total. The van der Waals surface area contributed by atoms with Crippen LogP contribution in [0.4, 0.5) is 4.79 Å². The average Bonchev–Trinajstić information content (AvgIpc) is 2.95. The molecular formula is C13H18N2O4. The van der Waals surface area contributed by atoms with Crippen LogP contribution in [-0.4, -0.2) is 22.6 Å². The Hall–Kier alpha value is -1.98. The quantitative estimate of drug-likeness (QED) is 0.778. The lowest BCUT2D eigenvalue weighted by atomic mass is 10.0. The van der Waals surface area contributed by atoms with Crippen LogP contribution in [0.3, 0.4) is 0 Å². The molecule has 0 atom stereocenters. The minimum absolute atomic E-state index is 0.125. The fourth-order valence-electron chi connectivity index (χ4n) is 2.35. The number of aromatic carboxylic acids is 1. The van der Waals surface area contributed by atoms with Gasteiger partial charge < -0.3 is 20.2 Å². The number of nitrogens with one attached hydrogen (secondary N) is 2. The smallest absolute Gasteiger partial charge is 0.371 e. The molecule has 1 fully saturated rings. The van der Waals surface area contributed by atoms with Crippen LogP contribution in [0.25, 0.3) is 0 Å². The molecule has 19 heavy (non-hydrogen) atoms. The monoisotopic (exact) mass is 266 g/mol. The van der Waals surface area contributed by atoms with Gasteiger partial charge in [-0.3, -0.25) is 0 Å². The third-order valence-corrected chi connectivity index (χ3v) is 3.42. The maximum Gasteiger partial charge on any atom is 0.371 e. The molecule has 1 aromatic rings. The van der Waals surface area contributed by atoms with Crippen molar-refractivity contribution in [2.45, 2.75) is 44.7 Å². The van der Waals surface area contributed by atoms with E-state index in [1.807, 2.05) is 6.92 Å². The zero-order valence-electron chi connectivity index (χ0n) is 10.9. The fourth-order valence-corrected chi connectivity index (χ4v) is 2.35. The number of urea groups is 1. The Bertz CT molecular complexity index is 475. The first-order chi connectivity index (χ1) is 8.98. The van der Waals surface area contributed by atoms with E-state index < -0.39 is 5.97 Å². The van der Waals surface area contributed by atoms with E-state index in [0.717, 1.165) is 25.7 Å². The van der Waals surface area contributed by atoms with Crippen LogP contribution in [0, 0.1) is 0 Å². The summed E-state index contributed by atoms with van der Waals surface area (Å²) >= 11 is 0. The lowest BCUT2D eigenvalue weighted by molar-refractivity contribution is 0.0660. The molecule has 104 valence electrons. The summed E-state index contributed by atoms with van der Waals surface area (Å²) in [5.41, 5.74) is -0.126. The molecule has 0 aromatic carbocycles. The van der Waals surface area contributed by atoms with Crippen LogP contribution in [0.1, 0.15) is 48.9 Å². The number of hydrogen-bond donors (Lipinski definition) is 3. The fraction of sp³-hybridized carbons (Fsp3) is 0.538. The van der Waals surface area contributed by atoms with Gasteiger partial charge in [0.05, 0.1) is 6.54 Å². The predicted octanol–water partition coefficient (Wildman–Crippen LogP) is 2.11. The number of amides is 2. The van der Waals surface area contributed by atoms with Gasteiger partial charge in [0.15, 0.2) is 0 Å². The molecular weight excluding hydrogens is 248 g/mol. The van der Waals surface area contributed by atoms with Crippen molar-refractivity contribution in [2.24, 2.45) is 0 Å². The molecule has 1 aromatic heterocycles. The maximum absolute atomic E-state index is 11.7. The molecule has 6 heteroatoms. The maximum atomic E-state index is 11.7. The van der Waals surface area contributed by atoms with E-state index >= 15 is 0 Å². The Labute approximate surface area is 111 Å². The van der Waals surface area contributed by atoms with Crippen LogP contribution >= 0.6 is 0 Å². The Morgan fingerprint density at radius 1 is 1.37 bits per heavy atom. The number of rotatable bonds is 4. The molecule has 0 bridgehead atoms. The first kappa shape index (κ1) is 13.5. The van der Waals surface area contributed by atoms with Gasteiger partial charge in [0.1, 0.15) is 5.76 Å². The number of carboxylic acid groups (broad SMARTS) is 1. The molecule has 1 saturated carbocycles. The van der Waals surface area contributed by atoms with Crippen molar-refractivity contribution in [1.82, 2.24) is 10.6 Å². The van der Waals surface area contributed by atoms with E-state index in [-0.39, 0.29) is 23.9 Å². The van der Waals surface area contributed by atoms with Gasteiger partial charge in [0, 0.05) is 5.54 Å². The number of hydrogen-bond acceptors (Lipinski definition) is 3. The van der Waals surface area contributed by atoms with E-state index in [9.17, 15) is 9.59 Å². The van der Waals surface area contributed by atoms with Crippen molar-refractivity contribution in [2.75, 3.05) is 0 Å². The first-order valence-corrected chi connectivity index (χ1v) is 6.37. The Morgan fingerprint density at radius 2 is 2.05 bits per heavy atom. The van der Waals surface area contributed by atoms with Crippen LogP contribution in [-0.2, 0) is 6.54 Å². The Kier molecular flexibility index (Phi) is 3.78. The van der Waals surface area contributed by atoms with Gasteiger partial charge in [-0.25, -0.2) is 9.59 Å². The normalized spacial score (nSPS) is 17.1. The van der Waals surface area contributed by atoms with Crippen LogP contribution < -0.4 is 10.6 Å². The zero-order chi connectivity index (χ0) is 13.9. The van der Waals surface area contributed by atoms with Crippen LogP contribution in [0.15, 0.2) is 16.5 Å². The summed E-state index contributed by atoms with van der Waals surface area (Å²) in [6.07, 6.45) is 4.25. The minimum Gasteiger partial charge on any atom is -0.475 e. The van der Waals surface area contributed by atoms with E-state index in [4.69, 9.17) is 9.52 Å². The van der Waals surface area contributed by atoms with E-state index in [1.54, 1.807) is 6.07 Å². The predicted molar refractivity (Wildman–Crippen MR) is 67.9 cm³/mol. The molecule has 0 unspecified atom stereocenters. The van der Waals surface area contributed by atoms with E-state index in [0.29, 0.717) is 5.76 Å². The number of carbonyl (C=O) groups excluding carboxylic acids is 1. The molecule has 2 rings (SSSR count). The Balaban J connectivity index is 1.81. The highest BCUT2D eigenvalue weighted by atomic mass is 16.4. The van der Waals surface area contributed by atoms with Gasteiger partial charge in [-0.05, 0) is 31.9 Å². The van der Waals surface area contributed by atoms with Crippen molar-refractivity contribution in [1.29, 1.82) is 0 Å². The number of carboxylic acids is 1. The van der Waals surface area contributed by atoms with Gasteiger partial charge in [0.25, 0.3) is 0 Å². The van der Waals surface area contributed by atoms with Crippen molar-refractivity contribution in [3.63, 3.8) is 0 Å². The second-order valence-electron chi connectivity index (χ2n) is 5.15. The molecule has 3 N–H and O–H groups in total. The summed E-state index contributed by atoms with van der Waals surface area (Å²) < 4.78 is 5.05. The molecule has 0 radical (unpaired) electrons. The molecule has 1 aliphatic carbocycles. The van der Waals surface area contributed by atoms with Crippen molar-refractivity contribution in [3.05, 3.63) is 23.7 Å². The van der Waals surface area contributed by atoms with Gasteiger partial charge >= 0.3 is 12.0 Å². The summed E-state index contributed by atoms with van der Waals surface area (Å²) in [7, 11) is 0. The van der Waals surface area contributed by atoms with Gasteiger partial charge in [-0.15, -0.1) is 0 Å². The lowest BCUT2D eigenvalue weighted by Crippen LogP contribution is -2.48. The summed E-state index contributed by atoms with van der Waals surface area (Å²) in [6.45, 7) is 2.21. The highest BCUT2D eigenvalue weighted by Crippen LogP contribution is 2.28. The highest BCUT2D eigenvalue weighted by molar-refractivity contribution is 5.84. The number of carbonyl (C=O) groups is 2. The topological polar surface area (TPSA) is 91.6 Å². The Morgan fingerprint density at radius 3 is 2.63 bits per heavy atom. The van der Waals surface area contributed by atoms with Crippen LogP contribution in [0.5, 0.6) is 0 Å². The third kappa shape index (κ3) is 3.49. The van der Waals surface area contributed by atoms with Gasteiger partial charge in [0.2, 0.25) is 5.76 Å². The van der Waals surface area contributed by atoms with E-state index in [1.165, 1.54) is 6.07 Å². The SMILES string of the molecule is CC1(NC(=O)NCc2ccc(C(=O)O)o2)CCCC1. The zero-order valence-corrected chi connectivity index (χ0v) is 10.9. The summed E-state index contributed by atoms with van der Waals surface area (Å²) in [6, 6.07) is 2.66. The molecule has 2 amide bonds. The van der Waals surface area contributed by atoms with E-state index in [2.05, 4.69) is 10.6 Å². The minimum atomic E-state index is -1.12. The molecule has 1 heterocycles. The van der Waals surface area contributed by atoms with Gasteiger partial charge in [-0.1, -0.05) is 12.8 Å². The number of furan rings is 1. The van der Waals surface area contributed by atoms with Gasteiger partial charge in [-0.2, -0.15) is 0 Å². The molecule has 0 saturated heterocycles. The lowest BCUT2D eigenvalue weighted by Gasteiger charge is -2.25. The van der Waals surface area contributed by atoms with Crippen LogP contribution in [0.2, 0.25) is 0 Å². The second-order valence-corrected chi connectivity index (χ2v) is 5.15. The summed E-state index contributed by atoms with van der Waals surface area (Å²) in [5.74, 6) is -0.821. The molecule has 1 aliphatic rings. The summed E-state index contributed by atoms with van der Waals surface area (Å²) in [5, 5.41) is 14.3. The first-order valence-electron chi connectivity index (χ1n) is 6.37. The third-order valence-electron chi connectivity index (χ3n) is 3.42. The van der Waals surface area contributed by atoms with Crippen molar-refractivity contribution in [3.8, 4) is 0 Å². The largest absolute Gasteiger partial charge is 0.475 e. The standard InChI is InChI=1S/C13H18N2O4/c1-13(6-2-3-7-13)15-12(18)14-8-9-4-5-10(19-9)11(16)17/h4-5H,2-3,6-8H2,1H3,(H,16,17)(H2,14,15,18). The van der Waals surface area contributed by atoms with Crippen molar-refractivity contribution < 1.29 is 19.1 Å². The highest BCUT2D eigenvalue weighted by Gasteiger charge is 2.29. The second kappa shape index (κ2) is 5.34. The summed E-state index contributed by atoms with van der Waals surface area (Å²) in [4.78, 5) is 22.4. The van der Waals surface area contributed by atoms with Crippen molar-refractivity contribution >= 4 is 12.0 Å².